The number of carbonyl (C=O) groups excluding carboxylic acids is 1. The minimum atomic E-state index is -4.72. The molecule has 9 heteroatoms. The lowest BCUT2D eigenvalue weighted by atomic mass is 9.72. The van der Waals surface area contributed by atoms with Gasteiger partial charge in [0.1, 0.15) is 0 Å². The molecule has 0 aliphatic heterocycles. The van der Waals surface area contributed by atoms with E-state index in [4.69, 9.17) is 5.11 Å². The quantitative estimate of drug-likeness (QED) is 0.769. The minimum Gasteiger partial charge on any atom is -0.481 e. The normalized spacial score (nSPS) is 23.5. The van der Waals surface area contributed by atoms with Crippen molar-refractivity contribution in [2.75, 3.05) is 6.54 Å². The second-order valence-corrected chi connectivity index (χ2v) is 9.20. The number of carboxylic acids is 1. The van der Waals surface area contributed by atoms with Crippen molar-refractivity contribution in [1.29, 1.82) is 0 Å². The number of rotatable bonds is 5. The van der Waals surface area contributed by atoms with E-state index >= 15 is 0 Å². The van der Waals surface area contributed by atoms with E-state index in [1.807, 2.05) is 27.7 Å². The molecule has 1 fully saturated rings. The summed E-state index contributed by atoms with van der Waals surface area (Å²) < 4.78 is 42.1. The summed E-state index contributed by atoms with van der Waals surface area (Å²) in [5, 5.41) is 15.5. The Morgan fingerprint density at radius 2 is 1.86 bits per heavy atom. The lowest BCUT2D eigenvalue weighted by Gasteiger charge is -2.37. The predicted molar refractivity (Wildman–Crippen MR) is 96.9 cm³/mol. The van der Waals surface area contributed by atoms with Crippen LogP contribution >= 0.6 is 0 Å². The number of aliphatic carboxylic acids is 1. The molecule has 0 unspecified atom stereocenters. The highest BCUT2D eigenvalue weighted by atomic mass is 19.4. The summed E-state index contributed by atoms with van der Waals surface area (Å²) in [4.78, 5) is 23.4. The summed E-state index contributed by atoms with van der Waals surface area (Å²) in [7, 11) is 0. The van der Waals surface area contributed by atoms with E-state index in [2.05, 4.69) is 10.4 Å². The Hall–Kier alpha value is -2.06. The summed E-state index contributed by atoms with van der Waals surface area (Å²) in [6.45, 7) is 7.70. The van der Waals surface area contributed by atoms with Gasteiger partial charge in [-0.15, -0.1) is 0 Å². The van der Waals surface area contributed by atoms with E-state index in [1.54, 1.807) is 0 Å². The van der Waals surface area contributed by atoms with E-state index in [0.29, 0.717) is 25.7 Å². The Morgan fingerprint density at radius 3 is 2.32 bits per heavy atom. The number of nitrogens with zero attached hydrogens (tertiary/aromatic N) is 2. The Morgan fingerprint density at radius 1 is 1.29 bits per heavy atom. The molecule has 2 rings (SSSR count). The van der Waals surface area contributed by atoms with E-state index in [-0.39, 0.29) is 18.4 Å². The lowest BCUT2D eigenvalue weighted by Crippen LogP contribution is -2.34. The molecule has 28 heavy (non-hydrogen) atoms. The number of amides is 1. The van der Waals surface area contributed by atoms with Gasteiger partial charge >= 0.3 is 12.1 Å². The molecular weight excluding hydrogens is 375 g/mol. The van der Waals surface area contributed by atoms with Crippen LogP contribution in [0.25, 0.3) is 0 Å². The number of hydrogen-bond donors (Lipinski definition) is 2. The van der Waals surface area contributed by atoms with Crippen molar-refractivity contribution in [3.05, 3.63) is 17.5 Å². The summed E-state index contributed by atoms with van der Waals surface area (Å²) in [6.07, 6.45) is -1.99. The second-order valence-electron chi connectivity index (χ2n) is 9.20. The summed E-state index contributed by atoms with van der Waals surface area (Å²) >= 11 is 0. The van der Waals surface area contributed by atoms with Gasteiger partial charge in [0.25, 0.3) is 5.91 Å². The number of carbonyl (C=O) groups is 2. The van der Waals surface area contributed by atoms with Crippen molar-refractivity contribution in [3.63, 3.8) is 0 Å². The zero-order valence-corrected chi connectivity index (χ0v) is 16.7. The Bertz CT molecular complexity index is 727. The first-order chi connectivity index (χ1) is 12.7. The first-order valence-electron chi connectivity index (χ1n) is 9.37. The van der Waals surface area contributed by atoms with Crippen LogP contribution in [0.15, 0.2) is 6.20 Å². The Labute approximate surface area is 162 Å². The highest BCUT2D eigenvalue weighted by molar-refractivity contribution is 5.95. The fourth-order valence-corrected chi connectivity index (χ4v) is 3.61. The van der Waals surface area contributed by atoms with Crippen molar-refractivity contribution in [1.82, 2.24) is 15.1 Å². The molecule has 6 nitrogen and oxygen atoms in total. The number of hydrogen-bond acceptors (Lipinski definition) is 3. The molecule has 2 N–H and O–H groups in total. The Balaban J connectivity index is 2.23. The van der Waals surface area contributed by atoms with Gasteiger partial charge in [-0.25, -0.2) is 0 Å². The molecule has 0 saturated heterocycles. The molecule has 0 radical (unpaired) electrons. The van der Waals surface area contributed by atoms with Crippen LogP contribution < -0.4 is 5.32 Å². The van der Waals surface area contributed by atoms with Gasteiger partial charge in [0.15, 0.2) is 5.69 Å². The molecule has 1 aromatic rings. The molecule has 1 aromatic heterocycles. The van der Waals surface area contributed by atoms with Gasteiger partial charge in [0.05, 0.1) is 24.2 Å². The van der Waals surface area contributed by atoms with Crippen molar-refractivity contribution in [2.24, 2.45) is 10.8 Å². The average molecular weight is 403 g/mol. The van der Waals surface area contributed by atoms with Crippen molar-refractivity contribution in [2.45, 2.75) is 72.0 Å². The van der Waals surface area contributed by atoms with Crippen LogP contribution in [0.5, 0.6) is 0 Å². The number of aromatic nitrogens is 2. The number of alkyl halides is 3. The highest BCUT2D eigenvalue weighted by Crippen LogP contribution is 2.44. The number of nitrogens with one attached hydrogen (secondary N) is 1. The van der Waals surface area contributed by atoms with Gasteiger partial charge in [-0.2, -0.15) is 18.3 Å². The molecule has 1 saturated carbocycles. The number of halogens is 3. The van der Waals surface area contributed by atoms with Crippen LogP contribution in [-0.2, 0) is 11.0 Å². The maximum Gasteiger partial charge on any atom is 0.433 e. The molecular formula is C19H28F3N3O3. The van der Waals surface area contributed by atoms with Gasteiger partial charge in [0.2, 0.25) is 0 Å². The monoisotopic (exact) mass is 403 g/mol. The molecule has 0 aromatic carbocycles. The molecule has 0 bridgehead atoms. The first kappa shape index (κ1) is 22.2. The third-order valence-corrected chi connectivity index (χ3v) is 5.17. The van der Waals surface area contributed by atoms with Crippen LogP contribution in [0.3, 0.4) is 0 Å². The van der Waals surface area contributed by atoms with Crippen molar-refractivity contribution >= 4 is 11.9 Å². The molecule has 0 spiro atoms. The summed E-state index contributed by atoms with van der Waals surface area (Å²) in [5.74, 6) is -1.70. The topological polar surface area (TPSA) is 84.2 Å². The summed E-state index contributed by atoms with van der Waals surface area (Å²) in [6, 6.07) is -0.511. The van der Waals surface area contributed by atoms with Crippen LogP contribution in [0.4, 0.5) is 13.2 Å². The van der Waals surface area contributed by atoms with Gasteiger partial charge in [0, 0.05) is 6.54 Å². The molecule has 0 atom stereocenters. The highest BCUT2D eigenvalue weighted by Gasteiger charge is 2.43. The smallest absolute Gasteiger partial charge is 0.433 e. The predicted octanol–water partition coefficient (Wildman–Crippen LogP) is 4.27. The third-order valence-electron chi connectivity index (χ3n) is 5.17. The third kappa shape index (κ3) is 5.48. The van der Waals surface area contributed by atoms with E-state index in [9.17, 15) is 22.8 Å². The molecule has 1 amide bonds. The van der Waals surface area contributed by atoms with Crippen LogP contribution in [0, 0.1) is 10.8 Å². The standard InChI is InChI=1S/C19H28F3N3O3/c1-17(2,3)11-23-16(28)13-10-24-25(15(13)19(20,21)22)12-5-7-18(4,8-6-12)9-14(26)27/h10,12H,5-9,11H2,1-4H3,(H,23,28)(H,26,27)/t12-,18-. The van der Waals surface area contributed by atoms with Gasteiger partial charge in [-0.05, 0) is 36.5 Å². The second kappa shape index (κ2) is 7.75. The molecule has 1 aliphatic carbocycles. The molecule has 158 valence electrons. The SMILES string of the molecule is CC(C)(C)CNC(=O)c1cnn([C@H]2CC[C@](C)(CC(=O)O)CC2)c1C(F)(F)F. The maximum atomic E-state index is 13.7. The fourth-order valence-electron chi connectivity index (χ4n) is 3.61. The summed E-state index contributed by atoms with van der Waals surface area (Å²) in [5.41, 5.74) is -2.20. The lowest BCUT2D eigenvalue weighted by molar-refractivity contribution is -0.145. The largest absolute Gasteiger partial charge is 0.481 e. The van der Waals surface area contributed by atoms with Crippen molar-refractivity contribution in [3.8, 4) is 0 Å². The Kier molecular flexibility index (Phi) is 6.16. The zero-order valence-electron chi connectivity index (χ0n) is 16.7. The van der Waals surface area contributed by atoms with E-state index in [1.165, 1.54) is 0 Å². The molecule has 1 heterocycles. The molecule has 1 aliphatic rings. The zero-order chi connectivity index (χ0) is 21.3. The number of carboxylic acid groups (broad SMARTS) is 1. The minimum absolute atomic E-state index is 0.00852. The van der Waals surface area contributed by atoms with Gasteiger partial charge in [-0.1, -0.05) is 27.7 Å². The van der Waals surface area contributed by atoms with Crippen LogP contribution in [0.1, 0.15) is 81.9 Å². The van der Waals surface area contributed by atoms with Crippen molar-refractivity contribution < 1.29 is 27.9 Å². The van der Waals surface area contributed by atoms with Crippen LogP contribution in [0.2, 0.25) is 0 Å². The van der Waals surface area contributed by atoms with Crippen LogP contribution in [-0.4, -0.2) is 33.3 Å². The van der Waals surface area contributed by atoms with E-state index < -0.39 is 40.8 Å². The van der Waals surface area contributed by atoms with E-state index in [0.717, 1.165) is 10.9 Å². The first-order valence-corrected chi connectivity index (χ1v) is 9.37. The maximum absolute atomic E-state index is 13.7. The fraction of sp³-hybridized carbons (Fsp3) is 0.737. The van der Waals surface area contributed by atoms with Gasteiger partial charge in [-0.3, -0.25) is 14.3 Å². The van der Waals surface area contributed by atoms with Gasteiger partial charge < -0.3 is 10.4 Å². The average Bonchev–Trinajstić information content (AvgIpc) is 2.96.